The van der Waals surface area contributed by atoms with Crippen LogP contribution in [0.25, 0.3) is 0 Å². The summed E-state index contributed by atoms with van der Waals surface area (Å²) in [5, 5.41) is 12.0. The lowest BCUT2D eigenvalue weighted by Gasteiger charge is -2.13. The number of ether oxygens (including phenoxy) is 2. The molecule has 1 aromatic heterocycles. The van der Waals surface area contributed by atoms with Gasteiger partial charge >= 0.3 is 0 Å². The molecule has 0 aliphatic carbocycles. The Morgan fingerprint density at radius 3 is 3.04 bits per heavy atom. The third kappa shape index (κ3) is 3.44. The zero-order valence-corrected chi connectivity index (χ0v) is 14.8. The maximum absolute atomic E-state index is 12.5. The summed E-state index contributed by atoms with van der Waals surface area (Å²) in [6.45, 7) is 3.03. The van der Waals surface area contributed by atoms with Crippen LogP contribution in [0.2, 0.25) is 0 Å². The monoisotopic (exact) mass is 360 g/mol. The van der Waals surface area contributed by atoms with Crippen molar-refractivity contribution in [3.8, 4) is 11.5 Å². The standard InChI is InChI=1S/C17H20N4O3S/c1-11(25-17-20-19-15-5-3-2-4-8-21(15)17)16(22)18-12-6-7-13-14(9-12)24-10-23-13/h6-7,9,11H,2-5,8,10H2,1H3,(H,18,22). The topological polar surface area (TPSA) is 78.3 Å². The molecule has 0 radical (unpaired) electrons. The minimum Gasteiger partial charge on any atom is -0.454 e. The van der Waals surface area contributed by atoms with Gasteiger partial charge < -0.3 is 19.4 Å². The van der Waals surface area contributed by atoms with Gasteiger partial charge in [-0.25, -0.2) is 0 Å². The number of nitrogens with one attached hydrogen (secondary N) is 1. The van der Waals surface area contributed by atoms with Crippen LogP contribution in [0.5, 0.6) is 11.5 Å². The van der Waals surface area contributed by atoms with Crippen LogP contribution in [0.3, 0.4) is 0 Å². The van der Waals surface area contributed by atoms with Gasteiger partial charge in [0.25, 0.3) is 0 Å². The first-order chi connectivity index (χ1) is 12.2. The summed E-state index contributed by atoms with van der Waals surface area (Å²) in [5.41, 5.74) is 0.696. The second-order valence-corrected chi connectivity index (χ2v) is 7.49. The van der Waals surface area contributed by atoms with Gasteiger partial charge in [-0.05, 0) is 31.9 Å². The van der Waals surface area contributed by atoms with Crippen molar-refractivity contribution in [1.82, 2.24) is 14.8 Å². The van der Waals surface area contributed by atoms with E-state index in [9.17, 15) is 4.79 Å². The Morgan fingerprint density at radius 2 is 2.12 bits per heavy atom. The minimum atomic E-state index is -0.276. The van der Waals surface area contributed by atoms with Crippen molar-refractivity contribution in [2.75, 3.05) is 12.1 Å². The summed E-state index contributed by atoms with van der Waals surface area (Å²) in [4.78, 5) is 12.5. The number of amides is 1. The van der Waals surface area contributed by atoms with Crippen molar-refractivity contribution in [2.45, 2.75) is 49.6 Å². The van der Waals surface area contributed by atoms with Crippen molar-refractivity contribution in [1.29, 1.82) is 0 Å². The first kappa shape index (κ1) is 16.3. The molecule has 2 aliphatic heterocycles. The van der Waals surface area contributed by atoms with E-state index in [1.165, 1.54) is 18.2 Å². The largest absolute Gasteiger partial charge is 0.454 e. The molecule has 1 unspecified atom stereocenters. The Balaban J connectivity index is 1.42. The number of rotatable bonds is 4. The molecule has 3 heterocycles. The number of thioether (sulfide) groups is 1. The van der Waals surface area contributed by atoms with Crippen LogP contribution in [-0.4, -0.2) is 32.7 Å². The Kier molecular flexibility index (Phi) is 4.52. The fourth-order valence-corrected chi connectivity index (χ4v) is 3.87. The highest BCUT2D eigenvalue weighted by molar-refractivity contribution is 8.00. The SMILES string of the molecule is CC(Sc1nnc2n1CCCCC2)C(=O)Nc1ccc2c(c1)OCO2. The van der Waals surface area contributed by atoms with E-state index in [1.54, 1.807) is 12.1 Å². The molecular formula is C17H20N4O3S. The Labute approximate surface area is 150 Å². The highest BCUT2D eigenvalue weighted by Gasteiger charge is 2.22. The van der Waals surface area contributed by atoms with Crippen LogP contribution < -0.4 is 14.8 Å². The molecule has 8 heteroatoms. The highest BCUT2D eigenvalue weighted by Crippen LogP contribution is 2.34. The smallest absolute Gasteiger partial charge is 0.237 e. The average Bonchev–Trinajstić information content (AvgIpc) is 3.15. The molecule has 1 atom stereocenters. The summed E-state index contributed by atoms with van der Waals surface area (Å²) in [6, 6.07) is 5.39. The van der Waals surface area contributed by atoms with Gasteiger partial charge in [-0.3, -0.25) is 4.79 Å². The van der Waals surface area contributed by atoms with Gasteiger partial charge in [0.1, 0.15) is 5.82 Å². The molecule has 1 amide bonds. The fourth-order valence-electron chi connectivity index (χ4n) is 2.98. The van der Waals surface area contributed by atoms with E-state index >= 15 is 0 Å². The lowest BCUT2D eigenvalue weighted by molar-refractivity contribution is -0.115. The van der Waals surface area contributed by atoms with Gasteiger partial charge in [0.2, 0.25) is 12.7 Å². The van der Waals surface area contributed by atoms with E-state index < -0.39 is 0 Å². The second kappa shape index (κ2) is 6.95. The average molecular weight is 360 g/mol. The van der Waals surface area contributed by atoms with Crippen LogP contribution in [0, 0.1) is 0 Å². The number of aryl methyl sites for hydroxylation is 1. The molecule has 1 aromatic carbocycles. The van der Waals surface area contributed by atoms with Crippen LogP contribution >= 0.6 is 11.8 Å². The zero-order chi connectivity index (χ0) is 17.2. The lowest BCUT2D eigenvalue weighted by atomic mass is 10.2. The number of carbonyl (C=O) groups is 1. The Bertz CT molecular complexity index is 792. The number of aromatic nitrogens is 3. The van der Waals surface area contributed by atoms with Crippen LogP contribution in [0.15, 0.2) is 23.4 Å². The Hall–Kier alpha value is -2.22. The maximum atomic E-state index is 12.5. The normalized spacial score (nSPS) is 16.8. The quantitative estimate of drug-likeness (QED) is 0.845. The third-order valence-corrected chi connectivity index (χ3v) is 5.45. The molecule has 25 heavy (non-hydrogen) atoms. The highest BCUT2D eigenvalue weighted by atomic mass is 32.2. The summed E-state index contributed by atoms with van der Waals surface area (Å²) in [7, 11) is 0. The van der Waals surface area contributed by atoms with E-state index in [-0.39, 0.29) is 18.0 Å². The molecule has 0 saturated carbocycles. The summed E-state index contributed by atoms with van der Waals surface area (Å²) >= 11 is 1.45. The predicted molar refractivity (Wildman–Crippen MR) is 94.1 cm³/mol. The molecule has 2 aromatic rings. The molecule has 0 fully saturated rings. The van der Waals surface area contributed by atoms with E-state index in [0.717, 1.165) is 36.8 Å². The van der Waals surface area contributed by atoms with Crippen molar-refractivity contribution in [3.05, 3.63) is 24.0 Å². The van der Waals surface area contributed by atoms with E-state index in [0.29, 0.717) is 17.2 Å². The number of hydrogen-bond donors (Lipinski definition) is 1. The fraction of sp³-hybridized carbons (Fsp3) is 0.471. The van der Waals surface area contributed by atoms with Gasteiger partial charge in [-0.15, -0.1) is 10.2 Å². The lowest BCUT2D eigenvalue weighted by Crippen LogP contribution is -2.23. The van der Waals surface area contributed by atoms with Gasteiger partial charge in [0, 0.05) is 24.7 Å². The van der Waals surface area contributed by atoms with Crippen LogP contribution in [0.4, 0.5) is 5.69 Å². The first-order valence-corrected chi connectivity index (χ1v) is 9.38. The molecule has 0 bridgehead atoms. The molecule has 1 N–H and O–H groups in total. The van der Waals surface area contributed by atoms with Crippen LogP contribution in [0.1, 0.15) is 32.0 Å². The summed E-state index contributed by atoms with van der Waals surface area (Å²) < 4.78 is 12.8. The van der Waals surface area contributed by atoms with Crippen molar-refractivity contribution < 1.29 is 14.3 Å². The van der Waals surface area contributed by atoms with Gasteiger partial charge in [0.05, 0.1) is 5.25 Å². The molecule has 0 saturated heterocycles. The van der Waals surface area contributed by atoms with E-state index in [2.05, 4.69) is 20.1 Å². The number of hydrogen-bond acceptors (Lipinski definition) is 6. The van der Waals surface area contributed by atoms with Crippen molar-refractivity contribution >= 4 is 23.4 Å². The van der Waals surface area contributed by atoms with Gasteiger partial charge in [0.15, 0.2) is 16.7 Å². The number of fused-ring (bicyclic) bond motifs is 2. The molecule has 7 nitrogen and oxygen atoms in total. The molecule has 132 valence electrons. The van der Waals surface area contributed by atoms with E-state index in [4.69, 9.17) is 9.47 Å². The van der Waals surface area contributed by atoms with Crippen LogP contribution in [-0.2, 0) is 17.8 Å². The van der Waals surface area contributed by atoms with E-state index in [1.807, 2.05) is 13.0 Å². The number of carbonyl (C=O) groups excluding carboxylic acids is 1. The molecular weight excluding hydrogens is 340 g/mol. The number of anilines is 1. The molecule has 0 spiro atoms. The summed E-state index contributed by atoms with van der Waals surface area (Å²) in [6.07, 6.45) is 4.47. The number of benzene rings is 1. The molecule has 2 aliphatic rings. The minimum absolute atomic E-state index is 0.0742. The predicted octanol–water partition coefficient (Wildman–Crippen LogP) is 2.85. The van der Waals surface area contributed by atoms with Gasteiger partial charge in [-0.2, -0.15) is 0 Å². The molecule has 4 rings (SSSR count). The zero-order valence-electron chi connectivity index (χ0n) is 14.0. The third-order valence-electron chi connectivity index (χ3n) is 4.37. The summed E-state index contributed by atoms with van der Waals surface area (Å²) in [5.74, 6) is 2.31. The van der Waals surface area contributed by atoms with Gasteiger partial charge in [-0.1, -0.05) is 18.2 Å². The van der Waals surface area contributed by atoms with Crippen molar-refractivity contribution in [2.24, 2.45) is 0 Å². The number of nitrogens with zero attached hydrogens (tertiary/aromatic N) is 3. The maximum Gasteiger partial charge on any atom is 0.237 e. The Morgan fingerprint density at radius 1 is 1.24 bits per heavy atom. The second-order valence-electron chi connectivity index (χ2n) is 6.18. The van der Waals surface area contributed by atoms with Crippen molar-refractivity contribution in [3.63, 3.8) is 0 Å². The first-order valence-electron chi connectivity index (χ1n) is 8.50.